The van der Waals surface area contributed by atoms with Gasteiger partial charge in [0.05, 0.1) is 12.9 Å². The van der Waals surface area contributed by atoms with Crippen molar-refractivity contribution in [2.45, 2.75) is 58.0 Å². The lowest BCUT2D eigenvalue weighted by Gasteiger charge is -2.53. The minimum atomic E-state index is -0.944. The van der Waals surface area contributed by atoms with Gasteiger partial charge in [-0.15, -0.1) is 6.42 Å². The Morgan fingerprint density at radius 2 is 2.08 bits per heavy atom. The van der Waals surface area contributed by atoms with Crippen LogP contribution in [0.15, 0.2) is 35.1 Å². The Morgan fingerprint density at radius 3 is 2.79 bits per heavy atom. The van der Waals surface area contributed by atoms with Crippen LogP contribution in [0.4, 0.5) is 0 Å². The minimum Gasteiger partial charge on any atom is -0.501 e. The zero-order valence-corrected chi connectivity index (χ0v) is 15.1. The number of ether oxygens (including phenoxy) is 1. The topological polar surface area (TPSA) is 29.5 Å². The van der Waals surface area contributed by atoms with Crippen molar-refractivity contribution in [3.63, 3.8) is 0 Å². The van der Waals surface area contributed by atoms with Gasteiger partial charge in [-0.05, 0) is 55.6 Å². The largest absolute Gasteiger partial charge is 0.501 e. The van der Waals surface area contributed by atoms with Gasteiger partial charge in [0.2, 0.25) is 0 Å². The fourth-order valence-corrected chi connectivity index (χ4v) is 6.03. The summed E-state index contributed by atoms with van der Waals surface area (Å²) >= 11 is 0. The highest BCUT2D eigenvalue weighted by Crippen LogP contribution is 2.64. The van der Waals surface area contributed by atoms with E-state index in [9.17, 15) is 5.11 Å². The van der Waals surface area contributed by atoms with Crippen LogP contribution < -0.4 is 0 Å². The van der Waals surface area contributed by atoms with Gasteiger partial charge in [0.1, 0.15) is 5.60 Å². The van der Waals surface area contributed by atoms with E-state index in [0.29, 0.717) is 11.8 Å². The fourth-order valence-electron chi connectivity index (χ4n) is 6.03. The van der Waals surface area contributed by atoms with Gasteiger partial charge in [0, 0.05) is 17.3 Å². The van der Waals surface area contributed by atoms with Crippen molar-refractivity contribution in [3.05, 3.63) is 35.1 Å². The van der Waals surface area contributed by atoms with Crippen LogP contribution in [0.5, 0.6) is 0 Å². The predicted octanol–water partition coefficient (Wildman–Crippen LogP) is 4.37. The Kier molecular flexibility index (Phi) is 3.35. The highest BCUT2D eigenvalue weighted by molar-refractivity contribution is 5.46. The summed E-state index contributed by atoms with van der Waals surface area (Å²) in [6, 6.07) is 0. The van der Waals surface area contributed by atoms with E-state index >= 15 is 0 Å². The maximum absolute atomic E-state index is 11.0. The molecule has 2 nitrogen and oxygen atoms in total. The maximum atomic E-state index is 11.0. The molecule has 0 aromatic carbocycles. The lowest BCUT2D eigenvalue weighted by Crippen LogP contribution is -2.49. The van der Waals surface area contributed by atoms with E-state index in [2.05, 4.69) is 38.0 Å². The maximum Gasteiger partial charge on any atom is 0.131 e. The minimum absolute atomic E-state index is 0.128. The number of allylic oxidation sites excluding steroid dienone is 6. The molecule has 1 fully saturated rings. The predicted molar refractivity (Wildman–Crippen MR) is 95.9 cm³/mol. The van der Waals surface area contributed by atoms with Crippen LogP contribution in [-0.2, 0) is 4.74 Å². The molecule has 5 atom stereocenters. The molecule has 1 N–H and O–H groups in total. The number of fused-ring (bicyclic) bond motifs is 5. The van der Waals surface area contributed by atoms with Crippen LogP contribution in [-0.4, -0.2) is 17.8 Å². The van der Waals surface area contributed by atoms with Crippen molar-refractivity contribution in [1.29, 1.82) is 0 Å². The first kappa shape index (κ1) is 16.0. The SMILES string of the molecule is C#C[C@]1(O)CCC2C3CC=C4C=C(OC)CC[C@]4(C)C3=CC[C@@]21C. The molecule has 0 spiro atoms. The summed E-state index contributed by atoms with van der Waals surface area (Å²) in [6.45, 7) is 4.61. The van der Waals surface area contributed by atoms with Crippen molar-refractivity contribution < 1.29 is 9.84 Å². The Labute approximate surface area is 145 Å². The average Bonchev–Trinajstić information content (AvgIpc) is 2.86. The van der Waals surface area contributed by atoms with Crippen molar-refractivity contribution >= 4 is 0 Å². The molecule has 2 unspecified atom stereocenters. The first-order valence-corrected chi connectivity index (χ1v) is 9.24. The van der Waals surface area contributed by atoms with E-state index in [1.807, 2.05) is 0 Å². The van der Waals surface area contributed by atoms with Gasteiger partial charge in [-0.25, -0.2) is 0 Å². The molecule has 0 saturated heterocycles. The van der Waals surface area contributed by atoms with Gasteiger partial charge < -0.3 is 9.84 Å². The summed E-state index contributed by atoms with van der Waals surface area (Å²) in [6.07, 6.45) is 18.7. The number of rotatable bonds is 1. The summed E-state index contributed by atoms with van der Waals surface area (Å²) < 4.78 is 5.49. The molecular weight excluding hydrogens is 296 g/mol. The van der Waals surface area contributed by atoms with E-state index in [1.165, 1.54) is 5.57 Å². The Hall–Kier alpha value is -1.46. The highest BCUT2D eigenvalue weighted by Gasteiger charge is 2.60. The quantitative estimate of drug-likeness (QED) is 0.573. The molecule has 0 aromatic heterocycles. The monoisotopic (exact) mass is 324 g/mol. The van der Waals surface area contributed by atoms with E-state index in [0.717, 1.165) is 44.3 Å². The highest BCUT2D eigenvalue weighted by atomic mass is 16.5. The Balaban J connectivity index is 1.76. The Morgan fingerprint density at radius 1 is 1.29 bits per heavy atom. The molecule has 0 radical (unpaired) electrons. The van der Waals surface area contributed by atoms with Gasteiger partial charge in [0.15, 0.2) is 0 Å². The van der Waals surface area contributed by atoms with Crippen LogP contribution in [0.25, 0.3) is 0 Å². The second-order valence-electron chi connectivity index (χ2n) is 8.58. The zero-order valence-electron chi connectivity index (χ0n) is 15.1. The molecule has 0 aliphatic heterocycles. The molecule has 0 aromatic rings. The summed E-state index contributed by atoms with van der Waals surface area (Å²) in [4.78, 5) is 0. The van der Waals surface area contributed by atoms with Crippen LogP contribution in [0.1, 0.15) is 52.4 Å². The summed E-state index contributed by atoms with van der Waals surface area (Å²) in [5, 5.41) is 11.0. The number of terminal acetylenes is 1. The van der Waals surface area contributed by atoms with Crippen molar-refractivity contribution in [1.82, 2.24) is 0 Å². The zero-order chi connectivity index (χ0) is 17.2. The van der Waals surface area contributed by atoms with Crippen molar-refractivity contribution in [2.24, 2.45) is 22.7 Å². The molecule has 128 valence electrons. The molecule has 4 aliphatic carbocycles. The summed E-state index contributed by atoms with van der Waals surface area (Å²) in [5.74, 6) is 4.85. The van der Waals surface area contributed by atoms with E-state index in [1.54, 1.807) is 12.7 Å². The van der Waals surface area contributed by atoms with Gasteiger partial charge >= 0.3 is 0 Å². The summed E-state index contributed by atoms with van der Waals surface area (Å²) in [5.41, 5.74) is 2.01. The molecule has 24 heavy (non-hydrogen) atoms. The normalized spacial score (nSPS) is 46.5. The second kappa shape index (κ2) is 5.02. The Bertz CT molecular complexity index is 706. The van der Waals surface area contributed by atoms with Gasteiger partial charge in [-0.3, -0.25) is 0 Å². The van der Waals surface area contributed by atoms with Crippen molar-refractivity contribution in [3.8, 4) is 12.3 Å². The molecule has 2 heteroatoms. The first-order chi connectivity index (χ1) is 11.4. The smallest absolute Gasteiger partial charge is 0.131 e. The lowest BCUT2D eigenvalue weighted by atomic mass is 9.52. The lowest BCUT2D eigenvalue weighted by molar-refractivity contribution is -0.0351. The van der Waals surface area contributed by atoms with Crippen molar-refractivity contribution in [2.75, 3.05) is 7.11 Å². The first-order valence-electron chi connectivity index (χ1n) is 9.24. The second-order valence-corrected chi connectivity index (χ2v) is 8.58. The van der Waals surface area contributed by atoms with Gasteiger partial charge in [-0.2, -0.15) is 0 Å². The molecule has 0 heterocycles. The standard InChI is InChI=1S/C22H28O2/c1-5-22(23)13-10-19-17-7-6-15-14-16(24-4)8-11-20(15,2)18(17)9-12-21(19,22)3/h1,6,9,14,17,19,23H,7-8,10-13H2,2-4H3/t17?,19?,20-,21-,22-/m0/s1. The van der Waals surface area contributed by atoms with Gasteiger partial charge in [-0.1, -0.05) is 37.5 Å². The molecule has 4 rings (SSSR count). The molecule has 4 aliphatic rings. The fraction of sp³-hybridized carbons (Fsp3) is 0.636. The van der Waals surface area contributed by atoms with Crippen LogP contribution in [0.3, 0.4) is 0 Å². The van der Waals surface area contributed by atoms with Crippen LogP contribution in [0.2, 0.25) is 0 Å². The van der Waals surface area contributed by atoms with E-state index < -0.39 is 5.60 Å². The number of hydrogen-bond donors (Lipinski definition) is 1. The molecule has 0 bridgehead atoms. The van der Waals surface area contributed by atoms with Gasteiger partial charge in [0.25, 0.3) is 0 Å². The molecular formula is C22H28O2. The molecule has 0 amide bonds. The average molecular weight is 324 g/mol. The number of hydrogen-bond acceptors (Lipinski definition) is 2. The third-order valence-electron chi connectivity index (χ3n) is 7.77. The van der Waals surface area contributed by atoms with Crippen LogP contribution in [0, 0.1) is 35.0 Å². The number of methoxy groups -OCH3 is 1. The van der Waals surface area contributed by atoms with E-state index in [-0.39, 0.29) is 10.8 Å². The van der Waals surface area contributed by atoms with Crippen LogP contribution >= 0.6 is 0 Å². The molecule has 1 saturated carbocycles. The third-order valence-corrected chi connectivity index (χ3v) is 7.77. The summed E-state index contributed by atoms with van der Waals surface area (Å²) in [7, 11) is 1.77. The van der Waals surface area contributed by atoms with E-state index in [4.69, 9.17) is 11.2 Å². The number of aliphatic hydroxyl groups is 1. The third kappa shape index (κ3) is 1.83.